The van der Waals surface area contributed by atoms with Crippen molar-refractivity contribution in [2.45, 2.75) is 12.5 Å². The summed E-state index contributed by atoms with van der Waals surface area (Å²) < 4.78 is 6.02. The molecule has 0 spiro atoms. The van der Waals surface area contributed by atoms with Crippen LogP contribution in [0, 0.1) is 0 Å². The van der Waals surface area contributed by atoms with E-state index in [-0.39, 0.29) is 0 Å². The lowest BCUT2D eigenvalue weighted by molar-refractivity contribution is 0.411. The Hall–Kier alpha value is -0.580. The molecular formula is C10H15BrN2O. The Morgan fingerprint density at radius 1 is 1.50 bits per heavy atom. The van der Waals surface area contributed by atoms with E-state index < -0.39 is 5.54 Å². The zero-order valence-corrected chi connectivity index (χ0v) is 9.97. The fourth-order valence-corrected chi connectivity index (χ4v) is 1.68. The minimum absolute atomic E-state index is 0.409. The third kappa shape index (κ3) is 2.26. The van der Waals surface area contributed by atoms with Crippen LogP contribution in [-0.4, -0.2) is 13.7 Å². The van der Waals surface area contributed by atoms with Gasteiger partial charge in [-0.1, -0.05) is 6.07 Å². The summed E-state index contributed by atoms with van der Waals surface area (Å²) in [6.45, 7) is 2.31. The zero-order chi connectivity index (χ0) is 10.8. The molecule has 0 heterocycles. The van der Waals surface area contributed by atoms with Crippen molar-refractivity contribution < 1.29 is 4.74 Å². The van der Waals surface area contributed by atoms with E-state index in [1.165, 1.54) is 0 Å². The number of hydrogen-bond acceptors (Lipinski definition) is 3. The van der Waals surface area contributed by atoms with E-state index in [0.29, 0.717) is 6.54 Å². The quantitative estimate of drug-likeness (QED) is 0.866. The first-order valence-electron chi connectivity index (χ1n) is 4.34. The zero-order valence-electron chi connectivity index (χ0n) is 8.38. The van der Waals surface area contributed by atoms with E-state index in [1.54, 1.807) is 7.11 Å². The predicted molar refractivity (Wildman–Crippen MR) is 61.3 cm³/mol. The molecule has 0 radical (unpaired) electrons. The second-order valence-electron chi connectivity index (χ2n) is 3.47. The molecule has 1 aromatic carbocycles. The van der Waals surface area contributed by atoms with Gasteiger partial charge in [0.1, 0.15) is 5.75 Å². The van der Waals surface area contributed by atoms with Crippen LogP contribution in [0.15, 0.2) is 22.7 Å². The van der Waals surface area contributed by atoms with Gasteiger partial charge in [-0.25, -0.2) is 0 Å². The van der Waals surface area contributed by atoms with Gasteiger partial charge < -0.3 is 16.2 Å². The molecule has 1 aromatic rings. The Morgan fingerprint density at radius 3 is 2.57 bits per heavy atom. The smallest absolute Gasteiger partial charge is 0.133 e. The SMILES string of the molecule is COc1ccc(C(C)(N)CN)cc1Br. The molecule has 1 atom stereocenters. The van der Waals surface area contributed by atoms with E-state index in [4.69, 9.17) is 16.2 Å². The van der Waals surface area contributed by atoms with Gasteiger partial charge >= 0.3 is 0 Å². The van der Waals surface area contributed by atoms with Crippen LogP contribution < -0.4 is 16.2 Å². The molecule has 1 unspecified atom stereocenters. The summed E-state index contributed by atoms with van der Waals surface area (Å²) in [5, 5.41) is 0. The molecular weight excluding hydrogens is 244 g/mol. The first kappa shape index (κ1) is 11.5. The van der Waals surface area contributed by atoms with E-state index in [9.17, 15) is 0 Å². The van der Waals surface area contributed by atoms with Crippen LogP contribution in [0.25, 0.3) is 0 Å². The van der Waals surface area contributed by atoms with Crippen molar-refractivity contribution in [3.8, 4) is 5.75 Å². The maximum atomic E-state index is 6.01. The highest BCUT2D eigenvalue weighted by Gasteiger charge is 2.19. The van der Waals surface area contributed by atoms with Crippen molar-refractivity contribution in [1.82, 2.24) is 0 Å². The molecule has 0 aromatic heterocycles. The van der Waals surface area contributed by atoms with Crippen LogP contribution in [0.3, 0.4) is 0 Å². The normalized spacial score (nSPS) is 14.9. The van der Waals surface area contributed by atoms with Gasteiger partial charge in [-0.05, 0) is 40.5 Å². The number of ether oxygens (including phenoxy) is 1. The van der Waals surface area contributed by atoms with Gasteiger partial charge in [-0.2, -0.15) is 0 Å². The maximum absolute atomic E-state index is 6.01. The molecule has 0 saturated carbocycles. The van der Waals surface area contributed by atoms with Crippen LogP contribution in [0.5, 0.6) is 5.75 Å². The molecule has 0 aliphatic rings. The molecule has 0 fully saturated rings. The molecule has 0 amide bonds. The molecule has 78 valence electrons. The monoisotopic (exact) mass is 258 g/mol. The van der Waals surface area contributed by atoms with Crippen molar-refractivity contribution in [2.24, 2.45) is 11.5 Å². The van der Waals surface area contributed by atoms with E-state index in [1.807, 2.05) is 25.1 Å². The van der Waals surface area contributed by atoms with Crippen LogP contribution in [0.1, 0.15) is 12.5 Å². The van der Waals surface area contributed by atoms with Crippen LogP contribution in [0.2, 0.25) is 0 Å². The van der Waals surface area contributed by atoms with Gasteiger partial charge in [0.05, 0.1) is 17.1 Å². The van der Waals surface area contributed by atoms with E-state index in [0.717, 1.165) is 15.8 Å². The molecule has 4 heteroatoms. The second-order valence-corrected chi connectivity index (χ2v) is 4.33. The summed E-state index contributed by atoms with van der Waals surface area (Å²) in [5.41, 5.74) is 12.1. The standard InChI is InChI=1S/C10H15BrN2O/c1-10(13,6-12)7-3-4-9(14-2)8(11)5-7/h3-5H,6,12-13H2,1-2H3. The van der Waals surface area contributed by atoms with Crippen molar-refractivity contribution >= 4 is 15.9 Å². The third-order valence-electron chi connectivity index (χ3n) is 2.24. The topological polar surface area (TPSA) is 61.3 Å². The summed E-state index contributed by atoms with van der Waals surface area (Å²) in [6.07, 6.45) is 0. The lowest BCUT2D eigenvalue weighted by atomic mass is 9.93. The molecule has 4 N–H and O–H groups in total. The number of benzene rings is 1. The average Bonchev–Trinajstić information content (AvgIpc) is 2.17. The van der Waals surface area contributed by atoms with Gasteiger partial charge in [0.2, 0.25) is 0 Å². The van der Waals surface area contributed by atoms with E-state index >= 15 is 0 Å². The fraction of sp³-hybridized carbons (Fsp3) is 0.400. The minimum atomic E-state index is -0.491. The number of hydrogen-bond donors (Lipinski definition) is 2. The van der Waals surface area contributed by atoms with Gasteiger partial charge in [-0.3, -0.25) is 0 Å². The van der Waals surface area contributed by atoms with Crippen LogP contribution in [-0.2, 0) is 5.54 Å². The number of nitrogens with two attached hydrogens (primary N) is 2. The maximum Gasteiger partial charge on any atom is 0.133 e. The van der Waals surface area contributed by atoms with Crippen molar-refractivity contribution in [1.29, 1.82) is 0 Å². The van der Waals surface area contributed by atoms with Gasteiger partial charge in [0.25, 0.3) is 0 Å². The molecule has 0 aliphatic heterocycles. The Bertz CT molecular complexity index is 326. The Labute approximate surface area is 92.6 Å². The molecule has 1 rings (SSSR count). The summed E-state index contributed by atoms with van der Waals surface area (Å²) in [7, 11) is 1.63. The summed E-state index contributed by atoms with van der Waals surface area (Å²) >= 11 is 3.41. The first-order chi connectivity index (χ1) is 6.51. The Morgan fingerprint density at radius 2 is 2.14 bits per heavy atom. The number of rotatable bonds is 3. The van der Waals surface area contributed by atoms with Gasteiger partial charge in [0, 0.05) is 6.54 Å². The number of methoxy groups -OCH3 is 1. The van der Waals surface area contributed by atoms with Gasteiger partial charge in [0.15, 0.2) is 0 Å². The minimum Gasteiger partial charge on any atom is -0.496 e. The first-order valence-corrected chi connectivity index (χ1v) is 5.13. The highest BCUT2D eigenvalue weighted by Crippen LogP contribution is 2.28. The van der Waals surface area contributed by atoms with E-state index in [2.05, 4.69) is 15.9 Å². The lowest BCUT2D eigenvalue weighted by Gasteiger charge is -2.23. The van der Waals surface area contributed by atoms with Crippen molar-refractivity contribution in [3.05, 3.63) is 28.2 Å². The summed E-state index contributed by atoms with van der Waals surface area (Å²) in [5.74, 6) is 0.793. The third-order valence-corrected chi connectivity index (χ3v) is 2.86. The fourth-order valence-electron chi connectivity index (χ4n) is 1.14. The molecule has 0 bridgehead atoms. The molecule has 3 nitrogen and oxygen atoms in total. The predicted octanol–water partition coefficient (Wildman–Crippen LogP) is 1.59. The molecule has 0 saturated heterocycles. The summed E-state index contributed by atoms with van der Waals surface area (Å²) in [6, 6.07) is 5.74. The molecule has 14 heavy (non-hydrogen) atoms. The van der Waals surface area contributed by atoms with Gasteiger partial charge in [-0.15, -0.1) is 0 Å². The lowest BCUT2D eigenvalue weighted by Crippen LogP contribution is -2.40. The van der Waals surface area contributed by atoms with Crippen LogP contribution in [0.4, 0.5) is 0 Å². The number of halogens is 1. The molecule has 0 aliphatic carbocycles. The summed E-state index contributed by atoms with van der Waals surface area (Å²) in [4.78, 5) is 0. The van der Waals surface area contributed by atoms with Crippen LogP contribution >= 0.6 is 15.9 Å². The Balaban J connectivity index is 3.08. The Kier molecular flexibility index (Phi) is 3.53. The largest absolute Gasteiger partial charge is 0.496 e. The average molecular weight is 259 g/mol. The second kappa shape index (κ2) is 4.29. The van der Waals surface area contributed by atoms with Crippen molar-refractivity contribution in [3.63, 3.8) is 0 Å². The highest BCUT2D eigenvalue weighted by atomic mass is 79.9. The highest BCUT2D eigenvalue weighted by molar-refractivity contribution is 9.10. The van der Waals surface area contributed by atoms with Crippen molar-refractivity contribution in [2.75, 3.05) is 13.7 Å².